The van der Waals surface area contributed by atoms with Crippen LogP contribution in [-0.4, -0.2) is 60.1 Å². The molecule has 1 atom stereocenters. The van der Waals surface area contributed by atoms with Gasteiger partial charge in [0.25, 0.3) is 0 Å². The highest BCUT2D eigenvalue weighted by molar-refractivity contribution is 6.43. The van der Waals surface area contributed by atoms with Gasteiger partial charge < -0.3 is 30.3 Å². The lowest BCUT2D eigenvalue weighted by Gasteiger charge is -2.30. The van der Waals surface area contributed by atoms with Crippen molar-refractivity contribution in [1.29, 1.82) is 0 Å². The third kappa shape index (κ3) is 5.87. The minimum atomic E-state index is -1.64. The van der Waals surface area contributed by atoms with Gasteiger partial charge in [0.05, 0.1) is 26.1 Å². The number of amides is 3. The number of benzene rings is 1. The Morgan fingerprint density at radius 3 is 2.70 bits per heavy atom. The third-order valence-electron chi connectivity index (χ3n) is 4.57. The molecule has 27 heavy (non-hydrogen) atoms. The van der Waals surface area contributed by atoms with Crippen molar-refractivity contribution in [3.63, 3.8) is 0 Å². The number of carbonyl (C=O) groups excluding carboxylic acids is 2. The molecule has 0 bridgehead atoms. The highest BCUT2D eigenvalue weighted by atomic mass is 16.5. The van der Waals surface area contributed by atoms with E-state index in [9.17, 15) is 19.6 Å². The number of ether oxygens (including phenoxy) is 1. The van der Waals surface area contributed by atoms with Crippen LogP contribution in [0.5, 0.6) is 5.75 Å². The molecule has 8 nitrogen and oxygen atoms in total. The average Bonchev–Trinajstić information content (AvgIpc) is 2.64. The van der Waals surface area contributed by atoms with Gasteiger partial charge in [-0.2, -0.15) is 0 Å². The molecule has 2 rings (SSSR count). The average molecular weight is 377 g/mol. The summed E-state index contributed by atoms with van der Waals surface area (Å²) in [7, 11) is -0.0413. The van der Waals surface area contributed by atoms with Crippen molar-refractivity contribution in [1.82, 2.24) is 15.5 Å². The Morgan fingerprint density at radius 2 is 2.07 bits per heavy atom. The predicted octanol–water partition coefficient (Wildman–Crippen LogP) is 0.306. The van der Waals surface area contributed by atoms with Crippen LogP contribution in [0.15, 0.2) is 18.2 Å². The van der Waals surface area contributed by atoms with Crippen molar-refractivity contribution in [3.05, 3.63) is 29.3 Å². The highest BCUT2D eigenvalue weighted by Gasteiger charge is 2.27. The van der Waals surface area contributed by atoms with Crippen molar-refractivity contribution in [3.8, 4) is 5.75 Å². The van der Waals surface area contributed by atoms with Gasteiger partial charge in [0.15, 0.2) is 0 Å². The number of nitrogens with zero attached hydrogens (tertiary/aromatic N) is 1. The van der Waals surface area contributed by atoms with Crippen molar-refractivity contribution in [2.75, 3.05) is 20.2 Å². The van der Waals surface area contributed by atoms with Gasteiger partial charge in [-0.05, 0) is 30.4 Å². The van der Waals surface area contributed by atoms with Crippen LogP contribution < -0.4 is 15.4 Å². The number of rotatable bonds is 7. The van der Waals surface area contributed by atoms with Crippen LogP contribution in [0.3, 0.4) is 0 Å². The molecule has 148 valence electrons. The molecule has 0 saturated heterocycles. The van der Waals surface area contributed by atoms with Crippen LogP contribution in [0.25, 0.3) is 0 Å². The number of urea groups is 1. The number of fused-ring (bicyclic) bond motifs is 1. The number of carbonyl (C=O) groups is 2. The standard InChI is InChI=1S/C18H28BN3O5/c1-12(2)9-16(19(25)26)21-17(23)10-20-18(24)22-8-7-13-5-4-6-15(27-3)14(13)11-22/h4-6,12,16,25-26H,7-11H2,1-3H3,(H,20,24)(H,21,23)/t16-/m0/s1. The largest absolute Gasteiger partial charge is 0.496 e. The molecule has 0 fully saturated rings. The summed E-state index contributed by atoms with van der Waals surface area (Å²) in [5, 5.41) is 23.9. The maximum atomic E-state index is 12.4. The van der Waals surface area contributed by atoms with E-state index in [1.165, 1.54) is 0 Å². The lowest BCUT2D eigenvalue weighted by molar-refractivity contribution is -0.120. The Hall–Kier alpha value is -2.26. The predicted molar refractivity (Wildman–Crippen MR) is 102 cm³/mol. The van der Waals surface area contributed by atoms with Crippen LogP contribution in [0.4, 0.5) is 4.79 Å². The molecule has 1 heterocycles. The molecule has 4 N–H and O–H groups in total. The van der Waals surface area contributed by atoms with Gasteiger partial charge in [0.2, 0.25) is 5.91 Å². The Bertz CT molecular complexity index is 654. The molecule has 3 amide bonds. The topological polar surface area (TPSA) is 111 Å². The molecule has 0 spiro atoms. The minimum absolute atomic E-state index is 0.190. The number of methoxy groups -OCH3 is 1. The molecule has 9 heteroatoms. The second-order valence-electron chi connectivity index (χ2n) is 7.15. The second kappa shape index (κ2) is 9.61. The van der Waals surface area contributed by atoms with Gasteiger partial charge in [-0.3, -0.25) is 4.79 Å². The molecule has 0 aromatic heterocycles. The minimum Gasteiger partial charge on any atom is -0.496 e. The molecule has 1 aliphatic rings. The summed E-state index contributed by atoms with van der Waals surface area (Å²) in [6, 6.07) is 5.48. The zero-order chi connectivity index (χ0) is 20.0. The molecule has 0 saturated carbocycles. The molecule has 1 aliphatic heterocycles. The Morgan fingerprint density at radius 1 is 1.33 bits per heavy atom. The fourth-order valence-corrected chi connectivity index (χ4v) is 3.20. The molecule has 0 aliphatic carbocycles. The van der Waals surface area contributed by atoms with E-state index in [0.717, 1.165) is 23.3 Å². The van der Waals surface area contributed by atoms with Gasteiger partial charge in [-0.1, -0.05) is 26.0 Å². The second-order valence-corrected chi connectivity index (χ2v) is 7.15. The van der Waals surface area contributed by atoms with E-state index < -0.39 is 19.0 Å². The maximum absolute atomic E-state index is 12.4. The molecular formula is C18H28BN3O5. The molecular weight excluding hydrogens is 349 g/mol. The van der Waals surface area contributed by atoms with Gasteiger partial charge in [0, 0.05) is 12.1 Å². The van der Waals surface area contributed by atoms with Crippen molar-refractivity contribution < 1.29 is 24.4 Å². The van der Waals surface area contributed by atoms with Crippen molar-refractivity contribution in [2.45, 2.75) is 39.2 Å². The highest BCUT2D eigenvalue weighted by Crippen LogP contribution is 2.27. The first-order valence-corrected chi connectivity index (χ1v) is 9.14. The summed E-state index contributed by atoms with van der Waals surface area (Å²) in [6.07, 6.45) is 1.15. The van der Waals surface area contributed by atoms with Crippen LogP contribution in [0.2, 0.25) is 0 Å². The fraction of sp³-hybridized carbons (Fsp3) is 0.556. The number of hydrogen-bond acceptors (Lipinski definition) is 5. The number of hydrogen-bond donors (Lipinski definition) is 4. The summed E-state index contributed by atoms with van der Waals surface area (Å²) >= 11 is 0. The normalized spacial score (nSPS) is 14.4. The smallest absolute Gasteiger partial charge is 0.475 e. The third-order valence-corrected chi connectivity index (χ3v) is 4.57. The molecule has 0 unspecified atom stereocenters. The monoisotopic (exact) mass is 377 g/mol. The summed E-state index contributed by atoms with van der Waals surface area (Å²) < 4.78 is 5.37. The SMILES string of the molecule is COc1cccc2c1CN(C(=O)NCC(=O)N[C@@H](CC(C)C)B(O)O)CC2. The summed E-state index contributed by atoms with van der Waals surface area (Å²) in [5.41, 5.74) is 2.14. The van der Waals surface area contributed by atoms with Gasteiger partial charge >= 0.3 is 13.1 Å². The van der Waals surface area contributed by atoms with E-state index in [2.05, 4.69) is 10.6 Å². The van der Waals surface area contributed by atoms with E-state index in [1.54, 1.807) is 12.0 Å². The summed E-state index contributed by atoms with van der Waals surface area (Å²) in [6.45, 7) is 4.59. The lowest BCUT2D eigenvalue weighted by atomic mass is 9.75. The Kier molecular flexibility index (Phi) is 7.50. The Balaban J connectivity index is 1.87. The maximum Gasteiger partial charge on any atom is 0.475 e. The van der Waals surface area contributed by atoms with Gasteiger partial charge in [-0.15, -0.1) is 0 Å². The molecule has 1 aromatic rings. The van der Waals surface area contributed by atoms with Crippen molar-refractivity contribution >= 4 is 19.1 Å². The quantitative estimate of drug-likeness (QED) is 0.511. The van der Waals surface area contributed by atoms with Gasteiger partial charge in [-0.25, -0.2) is 4.79 Å². The van der Waals surface area contributed by atoms with E-state index in [1.807, 2.05) is 32.0 Å². The Labute approximate surface area is 160 Å². The van der Waals surface area contributed by atoms with Crippen LogP contribution in [0, 0.1) is 5.92 Å². The van der Waals surface area contributed by atoms with E-state index >= 15 is 0 Å². The molecule has 0 radical (unpaired) electrons. The van der Waals surface area contributed by atoms with Gasteiger partial charge in [0.1, 0.15) is 5.75 Å². The zero-order valence-corrected chi connectivity index (χ0v) is 16.1. The zero-order valence-electron chi connectivity index (χ0n) is 16.1. The van der Waals surface area contributed by atoms with E-state index in [4.69, 9.17) is 4.74 Å². The molecule has 1 aromatic carbocycles. The van der Waals surface area contributed by atoms with E-state index in [0.29, 0.717) is 19.5 Å². The first-order chi connectivity index (χ1) is 12.8. The van der Waals surface area contributed by atoms with Crippen LogP contribution in [-0.2, 0) is 17.8 Å². The first-order valence-electron chi connectivity index (χ1n) is 9.14. The number of nitrogens with one attached hydrogen (secondary N) is 2. The fourth-order valence-electron chi connectivity index (χ4n) is 3.20. The summed E-state index contributed by atoms with van der Waals surface area (Å²) in [5.74, 6) is -0.288. The first kappa shape index (κ1) is 21.0. The lowest BCUT2D eigenvalue weighted by Crippen LogP contribution is -2.51. The van der Waals surface area contributed by atoms with Crippen molar-refractivity contribution in [2.24, 2.45) is 5.92 Å². The van der Waals surface area contributed by atoms with Crippen LogP contribution in [0.1, 0.15) is 31.4 Å². The van der Waals surface area contributed by atoms with Crippen LogP contribution >= 0.6 is 0 Å². The van der Waals surface area contributed by atoms with E-state index in [-0.39, 0.29) is 18.5 Å². The summed E-state index contributed by atoms with van der Waals surface area (Å²) in [4.78, 5) is 26.1.